The summed E-state index contributed by atoms with van der Waals surface area (Å²) in [5, 5.41) is 0. The summed E-state index contributed by atoms with van der Waals surface area (Å²) in [4.78, 5) is 3.95. The molecular weight excluding hydrogens is 235 g/mol. The molecule has 4 heteroatoms. The van der Waals surface area contributed by atoms with Gasteiger partial charge in [-0.1, -0.05) is 13.3 Å². The van der Waals surface area contributed by atoms with E-state index >= 15 is 0 Å². The molecule has 1 atom stereocenters. The average Bonchev–Trinajstić information content (AvgIpc) is 2.04. The van der Waals surface area contributed by atoms with Crippen LogP contribution in [-0.4, -0.2) is 4.98 Å². The predicted octanol–water partition coefficient (Wildman–Crippen LogP) is 2.78. The van der Waals surface area contributed by atoms with Crippen LogP contribution in [-0.2, 0) is 0 Å². The topological polar surface area (TPSA) is 38.9 Å². The van der Waals surface area contributed by atoms with Crippen molar-refractivity contribution < 1.29 is 4.39 Å². The lowest BCUT2D eigenvalue weighted by Gasteiger charge is -2.10. The molecule has 0 aliphatic rings. The Hall–Kier alpha value is -0.480. The predicted molar refractivity (Wildman–Crippen MR) is 53.7 cm³/mol. The van der Waals surface area contributed by atoms with Gasteiger partial charge in [0.1, 0.15) is 5.82 Å². The second-order valence-electron chi connectivity index (χ2n) is 2.92. The molecule has 0 aliphatic carbocycles. The Balaban J connectivity index is 2.88. The highest BCUT2D eigenvalue weighted by molar-refractivity contribution is 9.10. The number of hydrogen-bond acceptors (Lipinski definition) is 2. The van der Waals surface area contributed by atoms with Crippen LogP contribution >= 0.6 is 15.9 Å². The molecule has 2 N–H and O–H groups in total. The van der Waals surface area contributed by atoms with E-state index in [2.05, 4.69) is 20.9 Å². The monoisotopic (exact) mass is 246 g/mol. The first kappa shape index (κ1) is 10.6. The Morgan fingerprint density at radius 1 is 1.69 bits per heavy atom. The number of pyridine rings is 1. The smallest absolute Gasteiger partial charge is 0.147 e. The quantitative estimate of drug-likeness (QED) is 0.891. The van der Waals surface area contributed by atoms with Gasteiger partial charge < -0.3 is 5.73 Å². The largest absolute Gasteiger partial charge is 0.323 e. The van der Waals surface area contributed by atoms with Crippen molar-refractivity contribution in [2.45, 2.75) is 25.8 Å². The summed E-state index contributed by atoms with van der Waals surface area (Å²) in [7, 11) is 0. The molecule has 13 heavy (non-hydrogen) atoms. The van der Waals surface area contributed by atoms with Crippen LogP contribution in [0, 0.1) is 5.82 Å². The molecule has 0 spiro atoms. The van der Waals surface area contributed by atoms with Crippen molar-refractivity contribution in [3.8, 4) is 0 Å². The summed E-state index contributed by atoms with van der Waals surface area (Å²) in [6.07, 6.45) is 3.25. The van der Waals surface area contributed by atoms with Crippen LogP contribution in [0.4, 0.5) is 4.39 Å². The number of rotatable bonds is 3. The molecule has 0 fully saturated rings. The molecule has 72 valence electrons. The summed E-state index contributed by atoms with van der Waals surface area (Å²) >= 11 is 3.14. The zero-order valence-corrected chi connectivity index (χ0v) is 9.01. The lowest BCUT2D eigenvalue weighted by Crippen LogP contribution is -2.13. The van der Waals surface area contributed by atoms with E-state index in [1.54, 1.807) is 6.20 Å². The van der Waals surface area contributed by atoms with Gasteiger partial charge >= 0.3 is 0 Å². The van der Waals surface area contributed by atoms with Crippen molar-refractivity contribution >= 4 is 15.9 Å². The first-order valence-electron chi connectivity index (χ1n) is 4.21. The van der Waals surface area contributed by atoms with Crippen LogP contribution in [0.2, 0.25) is 0 Å². The van der Waals surface area contributed by atoms with Gasteiger partial charge in [0.15, 0.2) is 0 Å². The third kappa shape index (κ3) is 2.74. The lowest BCUT2D eigenvalue weighted by atomic mass is 10.1. The van der Waals surface area contributed by atoms with Crippen LogP contribution in [0.5, 0.6) is 0 Å². The summed E-state index contributed by atoms with van der Waals surface area (Å²) < 4.78 is 13.9. The first-order valence-corrected chi connectivity index (χ1v) is 5.01. The molecular formula is C9H12BrFN2. The Kier molecular flexibility index (Phi) is 3.81. The number of nitrogens with zero attached hydrogens (tertiary/aromatic N) is 1. The van der Waals surface area contributed by atoms with Gasteiger partial charge in [0, 0.05) is 16.7 Å². The fourth-order valence-electron chi connectivity index (χ4n) is 1.15. The molecule has 0 radical (unpaired) electrons. The molecule has 0 bridgehead atoms. The highest BCUT2D eigenvalue weighted by atomic mass is 79.9. The van der Waals surface area contributed by atoms with E-state index in [-0.39, 0.29) is 11.9 Å². The first-order chi connectivity index (χ1) is 6.15. The fourth-order valence-corrected chi connectivity index (χ4v) is 1.45. The molecule has 0 saturated carbocycles. The number of nitrogens with two attached hydrogens (primary N) is 1. The zero-order chi connectivity index (χ0) is 9.84. The normalized spacial score (nSPS) is 12.9. The maximum absolute atomic E-state index is 13.3. The van der Waals surface area contributed by atoms with E-state index in [0.29, 0.717) is 10.2 Å². The van der Waals surface area contributed by atoms with Crippen LogP contribution < -0.4 is 5.73 Å². The van der Waals surface area contributed by atoms with Crippen molar-refractivity contribution in [1.29, 1.82) is 0 Å². The summed E-state index contributed by atoms with van der Waals surface area (Å²) in [6.45, 7) is 2.01. The molecule has 0 aromatic carbocycles. The fraction of sp³-hybridized carbons (Fsp3) is 0.444. The van der Waals surface area contributed by atoms with E-state index in [0.717, 1.165) is 12.8 Å². The third-order valence-electron chi connectivity index (χ3n) is 1.79. The van der Waals surface area contributed by atoms with Gasteiger partial charge in [0.25, 0.3) is 0 Å². The Morgan fingerprint density at radius 3 is 2.92 bits per heavy atom. The maximum Gasteiger partial charge on any atom is 0.147 e. The maximum atomic E-state index is 13.3. The third-order valence-corrected chi connectivity index (χ3v) is 2.22. The average molecular weight is 247 g/mol. The molecule has 0 saturated heterocycles. The Morgan fingerprint density at radius 2 is 2.38 bits per heavy atom. The van der Waals surface area contributed by atoms with Crippen molar-refractivity contribution in [1.82, 2.24) is 4.98 Å². The highest BCUT2D eigenvalue weighted by Gasteiger charge is 2.11. The van der Waals surface area contributed by atoms with Crippen LogP contribution in [0.3, 0.4) is 0 Å². The highest BCUT2D eigenvalue weighted by Crippen LogP contribution is 2.19. The van der Waals surface area contributed by atoms with Crippen molar-refractivity contribution in [2.75, 3.05) is 0 Å². The van der Waals surface area contributed by atoms with Crippen LogP contribution in [0.15, 0.2) is 16.7 Å². The van der Waals surface area contributed by atoms with Gasteiger partial charge in [-0.2, -0.15) is 0 Å². The minimum atomic E-state index is -0.338. The van der Waals surface area contributed by atoms with Crippen molar-refractivity contribution in [2.24, 2.45) is 5.73 Å². The van der Waals surface area contributed by atoms with Gasteiger partial charge in [0.05, 0.1) is 5.69 Å². The van der Waals surface area contributed by atoms with Gasteiger partial charge in [-0.15, -0.1) is 0 Å². The van der Waals surface area contributed by atoms with Gasteiger partial charge in [-0.05, 0) is 28.4 Å². The lowest BCUT2D eigenvalue weighted by molar-refractivity contribution is 0.542. The van der Waals surface area contributed by atoms with Crippen molar-refractivity contribution in [3.63, 3.8) is 0 Å². The molecule has 1 aromatic rings. The molecule has 0 amide bonds. The molecule has 0 unspecified atom stereocenters. The molecule has 1 aromatic heterocycles. The molecule has 1 rings (SSSR count). The number of halogens is 2. The minimum absolute atomic E-state index is 0.293. The zero-order valence-electron chi connectivity index (χ0n) is 7.43. The van der Waals surface area contributed by atoms with Gasteiger partial charge in [-0.25, -0.2) is 4.39 Å². The number of hydrogen-bond donors (Lipinski definition) is 1. The number of aromatic nitrogens is 1. The Labute approximate surface area is 85.5 Å². The molecule has 2 nitrogen and oxygen atoms in total. The minimum Gasteiger partial charge on any atom is -0.323 e. The van der Waals surface area contributed by atoms with E-state index < -0.39 is 0 Å². The van der Waals surface area contributed by atoms with E-state index in [1.165, 1.54) is 6.07 Å². The summed E-state index contributed by atoms with van der Waals surface area (Å²) in [5.41, 5.74) is 6.09. The van der Waals surface area contributed by atoms with E-state index in [9.17, 15) is 4.39 Å². The van der Waals surface area contributed by atoms with Gasteiger partial charge in [-0.3, -0.25) is 4.98 Å². The second kappa shape index (κ2) is 4.67. The SMILES string of the molecule is CCC[C@@H](N)c1ncc(Br)cc1F. The summed E-state index contributed by atoms with van der Waals surface area (Å²) in [5.74, 6) is -0.338. The standard InChI is InChI=1S/C9H12BrFN2/c1-2-3-8(12)9-7(11)4-6(10)5-13-9/h4-5,8H,2-3,12H2,1H3/t8-/m1/s1. The van der Waals surface area contributed by atoms with Crippen LogP contribution in [0.1, 0.15) is 31.5 Å². The molecule has 0 aliphatic heterocycles. The Bertz CT molecular complexity index is 291. The van der Waals surface area contributed by atoms with Crippen LogP contribution in [0.25, 0.3) is 0 Å². The van der Waals surface area contributed by atoms with Gasteiger partial charge in [0.2, 0.25) is 0 Å². The van der Waals surface area contributed by atoms with Crippen molar-refractivity contribution in [3.05, 3.63) is 28.2 Å². The molecule has 1 heterocycles. The van der Waals surface area contributed by atoms with E-state index in [1.807, 2.05) is 6.92 Å². The van der Waals surface area contributed by atoms with E-state index in [4.69, 9.17) is 5.73 Å². The second-order valence-corrected chi connectivity index (χ2v) is 3.83. The summed E-state index contributed by atoms with van der Waals surface area (Å²) in [6, 6.07) is 1.09.